The molecule has 33 heavy (non-hydrogen) atoms. The summed E-state index contributed by atoms with van der Waals surface area (Å²) in [6.07, 6.45) is 3.37. The van der Waals surface area contributed by atoms with Gasteiger partial charge >= 0.3 is 0 Å². The minimum atomic E-state index is -0.352. The summed E-state index contributed by atoms with van der Waals surface area (Å²) in [4.78, 5) is 26.0. The zero-order chi connectivity index (χ0) is 23.4. The van der Waals surface area contributed by atoms with E-state index in [1.54, 1.807) is 35.3 Å². The fraction of sp³-hybridized carbons (Fsp3) is 0.182. The highest BCUT2D eigenvalue weighted by Gasteiger charge is 2.22. The molecule has 1 amide bonds. The van der Waals surface area contributed by atoms with E-state index in [0.29, 0.717) is 38.9 Å². The predicted molar refractivity (Wildman–Crippen MR) is 128 cm³/mol. The fourth-order valence-electron chi connectivity index (χ4n) is 3.14. The molecule has 0 unspecified atom stereocenters. The van der Waals surface area contributed by atoms with E-state index in [9.17, 15) is 4.79 Å². The van der Waals surface area contributed by atoms with Gasteiger partial charge in [-0.05, 0) is 49.7 Å². The van der Waals surface area contributed by atoms with Crippen molar-refractivity contribution in [2.24, 2.45) is 0 Å². The number of carbonyl (C=O) groups is 1. The Balaban J connectivity index is 1.65. The lowest BCUT2D eigenvalue weighted by Gasteiger charge is -2.10. The SMILES string of the molecule is Cc1cc(C)nc(SCc2c(C(=O)NCc3cccnc3)nnn2-c2cc(Cl)cc(Cl)c2)n1. The molecule has 0 atom stereocenters. The van der Waals surface area contributed by atoms with Crippen molar-refractivity contribution in [2.75, 3.05) is 0 Å². The molecule has 0 aliphatic rings. The van der Waals surface area contributed by atoms with E-state index >= 15 is 0 Å². The van der Waals surface area contributed by atoms with Crippen molar-refractivity contribution in [3.8, 4) is 5.69 Å². The van der Waals surface area contributed by atoms with Gasteiger partial charge in [0.05, 0.1) is 11.4 Å². The van der Waals surface area contributed by atoms with Crippen molar-refractivity contribution in [1.82, 2.24) is 35.3 Å². The Morgan fingerprint density at radius 2 is 1.82 bits per heavy atom. The number of aromatic nitrogens is 6. The predicted octanol–water partition coefficient (Wildman–Crippen LogP) is 4.60. The average molecular weight is 500 g/mol. The van der Waals surface area contributed by atoms with Crippen LogP contribution in [0.15, 0.2) is 53.9 Å². The van der Waals surface area contributed by atoms with Crippen LogP contribution in [0.25, 0.3) is 5.69 Å². The monoisotopic (exact) mass is 499 g/mol. The number of amides is 1. The van der Waals surface area contributed by atoms with Crippen molar-refractivity contribution in [3.63, 3.8) is 0 Å². The van der Waals surface area contributed by atoms with Crippen molar-refractivity contribution >= 4 is 40.9 Å². The summed E-state index contributed by atoms with van der Waals surface area (Å²) in [7, 11) is 0. The maximum atomic E-state index is 13.0. The van der Waals surface area contributed by atoms with Crippen LogP contribution in [0.4, 0.5) is 0 Å². The number of nitrogens with one attached hydrogen (secondary N) is 1. The van der Waals surface area contributed by atoms with Gasteiger partial charge in [-0.25, -0.2) is 14.6 Å². The highest BCUT2D eigenvalue weighted by atomic mass is 35.5. The lowest BCUT2D eigenvalue weighted by Crippen LogP contribution is -2.24. The molecule has 0 radical (unpaired) electrons. The molecule has 3 aromatic heterocycles. The first-order valence-electron chi connectivity index (χ1n) is 9.92. The third-order valence-corrected chi connectivity index (χ3v) is 5.84. The Morgan fingerprint density at radius 1 is 1.09 bits per heavy atom. The third kappa shape index (κ3) is 5.87. The normalized spacial score (nSPS) is 10.9. The van der Waals surface area contributed by atoms with E-state index in [2.05, 4.69) is 30.6 Å². The second-order valence-electron chi connectivity index (χ2n) is 7.19. The lowest BCUT2D eigenvalue weighted by molar-refractivity contribution is 0.0945. The topological polar surface area (TPSA) is 98.5 Å². The average Bonchev–Trinajstić information content (AvgIpc) is 3.19. The van der Waals surface area contributed by atoms with E-state index in [4.69, 9.17) is 23.2 Å². The number of hydrogen-bond donors (Lipinski definition) is 1. The Kier molecular flexibility index (Phi) is 7.22. The minimum absolute atomic E-state index is 0.201. The number of aryl methyl sites for hydroxylation is 2. The molecule has 1 N–H and O–H groups in total. The molecule has 1 aromatic carbocycles. The maximum Gasteiger partial charge on any atom is 0.274 e. The number of benzene rings is 1. The van der Waals surface area contributed by atoms with Gasteiger partial charge in [-0.1, -0.05) is 46.2 Å². The van der Waals surface area contributed by atoms with Gasteiger partial charge in [0.25, 0.3) is 5.91 Å². The van der Waals surface area contributed by atoms with Crippen LogP contribution in [-0.4, -0.2) is 35.9 Å². The van der Waals surface area contributed by atoms with Crippen LogP contribution in [0.2, 0.25) is 10.0 Å². The first kappa shape index (κ1) is 23.2. The highest BCUT2D eigenvalue weighted by Crippen LogP contribution is 2.26. The van der Waals surface area contributed by atoms with E-state index < -0.39 is 0 Å². The highest BCUT2D eigenvalue weighted by molar-refractivity contribution is 7.98. The number of thioether (sulfide) groups is 1. The Bertz CT molecular complexity index is 1260. The van der Waals surface area contributed by atoms with Gasteiger partial charge in [0.1, 0.15) is 0 Å². The Morgan fingerprint density at radius 3 is 2.48 bits per heavy atom. The lowest BCUT2D eigenvalue weighted by atomic mass is 10.2. The molecule has 0 bridgehead atoms. The Labute approximate surface area is 204 Å². The van der Waals surface area contributed by atoms with Crippen LogP contribution in [0.3, 0.4) is 0 Å². The summed E-state index contributed by atoms with van der Waals surface area (Å²) in [5.74, 6) is 0.00512. The summed E-state index contributed by atoms with van der Waals surface area (Å²) >= 11 is 13.8. The Hall–Kier alpha value is -3.01. The van der Waals surface area contributed by atoms with Crippen LogP contribution < -0.4 is 5.32 Å². The molecule has 4 rings (SSSR count). The van der Waals surface area contributed by atoms with Crippen molar-refractivity contribution in [1.29, 1.82) is 0 Å². The molecule has 8 nitrogen and oxygen atoms in total. The zero-order valence-corrected chi connectivity index (χ0v) is 20.1. The van der Waals surface area contributed by atoms with Crippen LogP contribution in [-0.2, 0) is 12.3 Å². The van der Waals surface area contributed by atoms with Crippen LogP contribution in [0, 0.1) is 13.8 Å². The summed E-state index contributed by atoms with van der Waals surface area (Å²) in [5, 5.41) is 12.7. The zero-order valence-electron chi connectivity index (χ0n) is 17.8. The smallest absolute Gasteiger partial charge is 0.274 e. The molecule has 0 aliphatic carbocycles. The van der Waals surface area contributed by atoms with Crippen molar-refractivity contribution in [2.45, 2.75) is 31.3 Å². The molecule has 168 valence electrons. The molecule has 4 aromatic rings. The fourth-order valence-corrected chi connectivity index (χ4v) is 4.59. The molecule has 0 aliphatic heterocycles. The molecule has 3 heterocycles. The first-order valence-corrected chi connectivity index (χ1v) is 11.7. The molecule has 11 heteroatoms. The van der Waals surface area contributed by atoms with E-state index in [1.165, 1.54) is 11.8 Å². The summed E-state index contributed by atoms with van der Waals surface area (Å²) < 4.78 is 1.56. The second-order valence-corrected chi connectivity index (χ2v) is 9.01. The number of pyridine rings is 1. The maximum absolute atomic E-state index is 13.0. The molecule has 0 saturated heterocycles. The van der Waals surface area contributed by atoms with Gasteiger partial charge in [-0.2, -0.15) is 0 Å². The number of halogens is 2. The first-order chi connectivity index (χ1) is 15.9. The van der Waals surface area contributed by atoms with E-state index in [-0.39, 0.29) is 11.6 Å². The van der Waals surface area contributed by atoms with Gasteiger partial charge in [-0.15, -0.1) is 5.10 Å². The van der Waals surface area contributed by atoms with Crippen LogP contribution in [0.5, 0.6) is 0 Å². The largest absolute Gasteiger partial charge is 0.346 e. The standard InChI is InChI=1S/C22H19Cl2N7OS/c1-13-6-14(2)28-22(27-13)33-12-19-20(21(32)26-11-15-4-3-5-25-10-15)29-30-31(19)18-8-16(23)7-17(24)9-18/h3-10H,11-12H2,1-2H3,(H,26,32). The molecular formula is C22H19Cl2N7OS. The number of nitrogens with zero attached hydrogens (tertiary/aromatic N) is 6. The molecule has 0 spiro atoms. The minimum Gasteiger partial charge on any atom is -0.346 e. The van der Waals surface area contributed by atoms with Gasteiger partial charge < -0.3 is 5.32 Å². The van der Waals surface area contributed by atoms with Crippen LogP contribution >= 0.6 is 35.0 Å². The number of hydrogen-bond acceptors (Lipinski definition) is 7. The van der Waals surface area contributed by atoms with Crippen LogP contribution in [0.1, 0.15) is 33.1 Å². The number of carbonyl (C=O) groups excluding carboxylic acids is 1. The summed E-state index contributed by atoms with van der Waals surface area (Å²) in [5.41, 5.74) is 3.99. The summed E-state index contributed by atoms with van der Waals surface area (Å²) in [6.45, 7) is 4.14. The summed E-state index contributed by atoms with van der Waals surface area (Å²) in [6, 6.07) is 10.6. The molecule has 0 fully saturated rings. The molecular weight excluding hydrogens is 481 g/mol. The van der Waals surface area contributed by atoms with E-state index in [0.717, 1.165) is 17.0 Å². The van der Waals surface area contributed by atoms with Gasteiger partial charge in [0.15, 0.2) is 10.9 Å². The third-order valence-electron chi connectivity index (χ3n) is 4.55. The van der Waals surface area contributed by atoms with Crippen molar-refractivity contribution in [3.05, 3.63) is 87.2 Å². The van der Waals surface area contributed by atoms with E-state index in [1.807, 2.05) is 32.0 Å². The van der Waals surface area contributed by atoms with Gasteiger partial charge in [0.2, 0.25) is 0 Å². The quantitative estimate of drug-likeness (QED) is 0.293. The number of rotatable bonds is 7. The molecule has 0 saturated carbocycles. The second kappa shape index (κ2) is 10.3. The van der Waals surface area contributed by atoms with Gasteiger partial charge in [0, 0.05) is 46.1 Å². The van der Waals surface area contributed by atoms with Crippen molar-refractivity contribution < 1.29 is 4.79 Å². The van der Waals surface area contributed by atoms with Gasteiger partial charge in [-0.3, -0.25) is 9.78 Å².